The van der Waals surface area contributed by atoms with E-state index in [0.717, 1.165) is 18.2 Å². The van der Waals surface area contributed by atoms with Gasteiger partial charge in [0.15, 0.2) is 0 Å². The number of rotatable bonds is 7. The summed E-state index contributed by atoms with van der Waals surface area (Å²) in [6.07, 6.45) is 0.457. The van der Waals surface area contributed by atoms with Crippen LogP contribution in [0.2, 0.25) is 0 Å². The predicted octanol–water partition coefficient (Wildman–Crippen LogP) is 2.92. The molecule has 0 aliphatic heterocycles. The van der Waals surface area contributed by atoms with Crippen molar-refractivity contribution >= 4 is 24.3 Å². The van der Waals surface area contributed by atoms with E-state index < -0.39 is 0 Å². The number of aliphatic hydroxyl groups excluding tert-OH is 1. The summed E-state index contributed by atoms with van der Waals surface area (Å²) in [6, 6.07) is 18.5. The van der Waals surface area contributed by atoms with Crippen molar-refractivity contribution in [2.24, 2.45) is 11.5 Å². The van der Waals surface area contributed by atoms with Crippen LogP contribution in [0.25, 0.3) is 0 Å². The molecule has 0 aromatic heterocycles. The molecular weight excluding hydrogens is 408 g/mol. The Morgan fingerprint density at radius 2 is 1.20 bits per heavy atom. The van der Waals surface area contributed by atoms with Crippen LogP contribution in [-0.2, 0) is 19.1 Å². The zero-order valence-corrected chi connectivity index (χ0v) is 18.5. The number of carbonyl (C=O) groups excluding carboxylic acids is 2. The van der Waals surface area contributed by atoms with E-state index in [9.17, 15) is 9.59 Å². The molecule has 8 heteroatoms. The second-order valence-electron chi connectivity index (χ2n) is 5.82. The number of carbonyl (C=O) groups is 2. The first-order valence-corrected chi connectivity index (χ1v) is 9.26. The highest BCUT2D eigenvalue weighted by Crippen LogP contribution is 2.14. The standard InChI is InChI=1S/C11H15NO2.C10H13NO2.CH4O.ClH/c1-2-14-11(13)8-10(12)9-6-4-3-5-7-9;1-13-10(12)7-9(11)8-5-3-2-4-6-8;1-2;/h3-7,10H,2,8,12H2,1H3;2-6,9H,7,11H2,1H3;2H,1H3;1H/t10-;9-;;/m00../s1. The second kappa shape index (κ2) is 18.6. The van der Waals surface area contributed by atoms with Gasteiger partial charge in [-0.15, -0.1) is 12.4 Å². The Hall–Kier alpha value is -2.45. The largest absolute Gasteiger partial charge is 0.469 e. The first-order chi connectivity index (χ1) is 14.0. The lowest BCUT2D eigenvalue weighted by Crippen LogP contribution is -2.17. The summed E-state index contributed by atoms with van der Waals surface area (Å²) in [4.78, 5) is 22.0. The van der Waals surface area contributed by atoms with Crippen LogP contribution in [0, 0.1) is 0 Å². The molecule has 2 rings (SSSR count). The Bertz CT molecular complexity index is 686. The van der Waals surface area contributed by atoms with Gasteiger partial charge in [-0.2, -0.15) is 0 Å². The van der Waals surface area contributed by atoms with Crippen LogP contribution >= 0.6 is 12.4 Å². The predicted molar refractivity (Wildman–Crippen MR) is 120 cm³/mol. The van der Waals surface area contributed by atoms with Crippen molar-refractivity contribution in [1.29, 1.82) is 0 Å². The molecule has 5 N–H and O–H groups in total. The fraction of sp³-hybridized carbons (Fsp3) is 0.364. The van der Waals surface area contributed by atoms with Crippen molar-refractivity contribution in [3.05, 3.63) is 71.8 Å². The lowest BCUT2D eigenvalue weighted by Gasteiger charge is -2.10. The molecule has 2 atom stereocenters. The lowest BCUT2D eigenvalue weighted by molar-refractivity contribution is -0.143. The topological polar surface area (TPSA) is 125 Å². The number of ether oxygens (including phenoxy) is 2. The van der Waals surface area contributed by atoms with Gasteiger partial charge in [0.25, 0.3) is 0 Å². The van der Waals surface area contributed by atoms with Crippen LogP contribution in [0.15, 0.2) is 60.7 Å². The molecule has 2 aromatic rings. The van der Waals surface area contributed by atoms with E-state index in [2.05, 4.69) is 4.74 Å². The molecule has 0 bridgehead atoms. The molecule has 0 spiro atoms. The fourth-order valence-electron chi connectivity index (χ4n) is 2.30. The molecule has 0 saturated carbocycles. The van der Waals surface area contributed by atoms with Crippen LogP contribution in [0.5, 0.6) is 0 Å². The molecule has 0 heterocycles. The van der Waals surface area contributed by atoms with E-state index in [-0.39, 0.29) is 49.3 Å². The maximum Gasteiger partial charge on any atom is 0.307 e. The van der Waals surface area contributed by atoms with E-state index in [4.69, 9.17) is 21.3 Å². The number of methoxy groups -OCH3 is 1. The minimum Gasteiger partial charge on any atom is -0.469 e. The molecule has 0 saturated heterocycles. The van der Waals surface area contributed by atoms with Gasteiger partial charge in [0.2, 0.25) is 0 Å². The van der Waals surface area contributed by atoms with Crippen LogP contribution < -0.4 is 11.5 Å². The summed E-state index contributed by atoms with van der Waals surface area (Å²) < 4.78 is 9.34. The van der Waals surface area contributed by atoms with Crippen molar-refractivity contribution in [3.63, 3.8) is 0 Å². The van der Waals surface area contributed by atoms with E-state index in [1.165, 1.54) is 7.11 Å². The highest BCUT2D eigenvalue weighted by atomic mass is 35.5. The van der Waals surface area contributed by atoms with Crippen molar-refractivity contribution in [3.8, 4) is 0 Å². The molecule has 168 valence electrons. The lowest BCUT2D eigenvalue weighted by atomic mass is 10.1. The zero-order chi connectivity index (χ0) is 22.1. The molecule has 0 fully saturated rings. The van der Waals surface area contributed by atoms with Crippen molar-refractivity contribution in [2.75, 3.05) is 20.8 Å². The third-order valence-corrected chi connectivity index (χ3v) is 3.76. The zero-order valence-electron chi connectivity index (χ0n) is 17.7. The Balaban J connectivity index is 0. The molecule has 0 radical (unpaired) electrons. The van der Waals surface area contributed by atoms with Crippen molar-refractivity contribution in [2.45, 2.75) is 31.8 Å². The number of nitrogens with two attached hydrogens (primary N) is 2. The number of hydrogen-bond acceptors (Lipinski definition) is 7. The van der Waals surface area contributed by atoms with Crippen LogP contribution in [0.3, 0.4) is 0 Å². The van der Waals surface area contributed by atoms with Crippen LogP contribution in [-0.4, -0.2) is 37.9 Å². The smallest absolute Gasteiger partial charge is 0.307 e. The van der Waals surface area contributed by atoms with Gasteiger partial charge in [-0.25, -0.2) is 0 Å². The number of hydrogen-bond donors (Lipinski definition) is 3. The maximum absolute atomic E-state index is 11.1. The number of esters is 2. The van der Waals surface area contributed by atoms with Crippen molar-refractivity contribution < 1.29 is 24.2 Å². The Morgan fingerprint density at radius 1 is 0.833 bits per heavy atom. The molecule has 0 aliphatic carbocycles. The fourth-order valence-corrected chi connectivity index (χ4v) is 2.30. The monoisotopic (exact) mass is 440 g/mol. The summed E-state index contributed by atoms with van der Waals surface area (Å²) in [6.45, 7) is 2.19. The number of halogens is 1. The average molecular weight is 441 g/mol. The second-order valence-corrected chi connectivity index (χ2v) is 5.82. The third kappa shape index (κ3) is 12.9. The van der Waals surface area contributed by atoms with E-state index in [0.29, 0.717) is 6.61 Å². The highest BCUT2D eigenvalue weighted by molar-refractivity contribution is 5.85. The van der Waals surface area contributed by atoms with Gasteiger partial charge in [-0.1, -0.05) is 60.7 Å². The summed E-state index contributed by atoms with van der Waals surface area (Å²) in [5.74, 6) is -0.528. The van der Waals surface area contributed by atoms with Gasteiger partial charge in [-0.3, -0.25) is 9.59 Å². The minimum atomic E-state index is -0.281. The quantitative estimate of drug-likeness (QED) is 0.565. The van der Waals surface area contributed by atoms with E-state index in [1.807, 2.05) is 60.7 Å². The minimum absolute atomic E-state index is 0. The van der Waals surface area contributed by atoms with Gasteiger partial charge in [0, 0.05) is 19.2 Å². The SMILES string of the molecule is CCOC(=O)C[C@H](N)c1ccccc1.CO.COC(=O)C[C@H](N)c1ccccc1.Cl. The van der Waals surface area contributed by atoms with Gasteiger partial charge >= 0.3 is 11.9 Å². The van der Waals surface area contributed by atoms with Crippen molar-refractivity contribution in [1.82, 2.24) is 0 Å². The van der Waals surface area contributed by atoms with E-state index >= 15 is 0 Å². The van der Waals surface area contributed by atoms with E-state index in [1.54, 1.807) is 6.92 Å². The normalized spacial score (nSPS) is 11.1. The Morgan fingerprint density at radius 3 is 1.53 bits per heavy atom. The summed E-state index contributed by atoms with van der Waals surface area (Å²) in [5, 5.41) is 7.00. The molecule has 0 aliphatic rings. The summed E-state index contributed by atoms with van der Waals surface area (Å²) in [5.41, 5.74) is 13.5. The Kier molecular flexibility index (Phi) is 18.4. The molecule has 0 amide bonds. The van der Waals surface area contributed by atoms with Gasteiger partial charge in [0.1, 0.15) is 0 Å². The van der Waals surface area contributed by atoms with Crippen LogP contribution in [0.4, 0.5) is 0 Å². The van der Waals surface area contributed by atoms with Gasteiger partial charge in [-0.05, 0) is 18.1 Å². The molecule has 7 nitrogen and oxygen atoms in total. The summed E-state index contributed by atoms with van der Waals surface area (Å²) >= 11 is 0. The molecule has 30 heavy (non-hydrogen) atoms. The first kappa shape index (κ1) is 29.7. The van der Waals surface area contributed by atoms with Crippen LogP contribution in [0.1, 0.15) is 43.0 Å². The molecular formula is C22H33ClN2O5. The Labute approximate surface area is 184 Å². The first-order valence-electron chi connectivity index (χ1n) is 9.26. The van der Waals surface area contributed by atoms with Gasteiger partial charge in [0.05, 0.1) is 26.6 Å². The summed E-state index contributed by atoms with van der Waals surface area (Å²) in [7, 11) is 2.36. The number of benzene rings is 2. The van der Waals surface area contributed by atoms with Gasteiger partial charge < -0.3 is 26.0 Å². The average Bonchev–Trinajstić information content (AvgIpc) is 2.76. The number of aliphatic hydroxyl groups is 1. The maximum atomic E-state index is 11.1. The highest BCUT2D eigenvalue weighted by Gasteiger charge is 2.11. The molecule has 2 aromatic carbocycles. The third-order valence-electron chi connectivity index (χ3n) is 3.76. The molecule has 0 unspecified atom stereocenters.